The Morgan fingerprint density at radius 2 is 2.17 bits per heavy atom. The van der Waals surface area contributed by atoms with E-state index in [-0.39, 0.29) is 5.25 Å². The summed E-state index contributed by atoms with van der Waals surface area (Å²) in [5.41, 5.74) is 0.773. The number of aromatic nitrogens is 5. The van der Waals surface area contributed by atoms with Crippen LogP contribution in [0.3, 0.4) is 0 Å². The Kier molecular flexibility index (Phi) is 3.46. The minimum absolute atomic E-state index is 0.136. The summed E-state index contributed by atoms with van der Waals surface area (Å²) in [5.74, 6) is 1.87. The minimum atomic E-state index is -0.136. The Balaban J connectivity index is 1.49. The number of thioether (sulfide) groups is 1. The fraction of sp³-hybridized carbons (Fsp3) is 0.143. The Morgan fingerprint density at radius 3 is 2.96 bits per heavy atom. The lowest BCUT2D eigenvalue weighted by atomic mass is 10.4. The van der Waals surface area contributed by atoms with Gasteiger partial charge in [0, 0.05) is 6.20 Å². The molecule has 0 saturated heterocycles. The maximum atomic E-state index is 5.60. The van der Waals surface area contributed by atoms with Crippen LogP contribution in [-0.4, -0.2) is 25.3 Å². The van der Waals surface area contributed by atoms with Crippen LogP contribution in [0.5, 0.6) is 0 Å². The Hall–Kier alpha value is -2.81. The van der Waals surface area contributed by atoms with Crippen LogP contribution < -0.4 is 0 Å². The number of hydrogen-bond donors (Lipinski definition) is 1. The summed E-state index contributed by atoms with van der Waals surface area (Å²) in [5, 5.41) is 12.2. The summed E-state index contributed by atoms with van der Waals surface area (Å²) in [6, 6.07) is 7.26. The average Bonchev–Trinajstić information content (AvgIpc) is 3.30. The molecule has 0 aromatic carbocycles. The fourth-order valence-corrected chi connectivity index (χ4v) is 2.65. The summed E-state index contributed by atoms with van der Waals surface area (Å²) in [6.45, 7) is 1.92. The van der Waals surface area contributed by atoms with Crippen molar-refractivity contribution in [2.24, 2.45) is 0 Å². The molecule has 0 fully saturated rings. The predicted molar refractivity (Wildman–Crippen MR) is 80.4 cm³/mol. The highest BCUT2D eigenvalue weighted by Gasteiger charge is 2.20. The van der Waals surface area contributed by atoms with E-state index < -0.39 is 0 Å². The van der Waals surface area contributed by atoms with E-state index in [4.69, 9.17) is 13.4 Å². The molecular weight excluding hydrogens is 318 g/mol. The first-order valence-electron chi connectivity index (χ1n) is 6.81. The molecule has 0 amide bonds. The van der Waals surface area contributed by atoms with E-state index in [0.29, 0.717) is 28.6 Å². The van der Waals surface area contributed by atoms with E-state index in [2.05, 4.69) is 25.3 Å². The van der Waals surface area contributed by atoms with E-state index in [1.54, 1.807) is 24.6 Å². The summed E-state index contributed by atoms with van der Waals surface area (Å²) in [7, 11) is 0. The number of rotatable bonds is 5. The van der Waals surface area contributed by atoms with Crippen LogP contribution in [-0.2, 0) is 0 Å². The molecule has 1 N–H and O–H groups in total. The van der Waals surface area contributed by atoms with Gasteiger partial charge in [-0.2, -0.15) is 4.98 Å². The quantitative estimate of drug-likeness (QED) is 0.554. The van der Waals surface area contributed by atoms with Gasteiger partial charge >= 0.3 is 0 Å². The Morgan fingerprint density at radius 1 is 1.22 bits per heavy atom. The molecule has 23 heavy (non-hydrogen) atoms. The zero-order valence-corrected chi connectivity index (χ0v) is 12.8. The Labute approximate surface area is 134 Å². The molecule has 1 unspecified atom stereocenters. The standard InChI is InChI=1S/C14H11N5O3S/c1-8(12-16-11(19-22-12)10-5-3-7-20-10)23-14-18-17-13(21-14)9-4-2-6-15-9/h2-8,15H,1H3. The SMILES string of the molecule is CC(Sc1nnc(-c2ccc[nH]2)o1)c1nc(-c2ccco2)no1. The second-order valence-electron chi connectivity index (χ2n) is 4.65. The van der Waals surface area contributed by atoms with Gasteiger partial charge in [0.1, 0.15) is 5.69 Å². The van der Waals surface area contributed by atoms with Crippen molar-refractivity contribution in [1.82, 2.24) is 25.3 Å². The second-order valence-corrected chi connectivity index (χ2v) is 5.94. The predicted octanol–water partition coefficient (Wildman–Crippen LogP) is 3.56. The average molecular weight is 329 g/mol. The van der Waals surface area contributed by atoms with E-state index in [1.165, 1.54) is 11.8 Å². The van der Waals surface area contributed by atoms with Crippen molar-refractivity contribution in [3.8, 4) is 23.2 Å². The van der Waals surface area contributed by atoms with E-state index in [1.807, 2.05) is 19.1 Å². The van der Waals surface area contributed by atoms with Crippen molar-refractivity contribution in [1.29, 1.82) is 0 Å². The van der Waals surface area contributed by atoms with E-state index in [0.717, 1.165) is 5.69 Å². The monoisotopic (exact) mass is 329 g/mol. The maximum Gasteiger partial charge on any atom is 0.277 e. The topological polar surface area (TPSA) is 107 Å². The van der Waals surface area contributed by atoms with Crippen LogP contribution in [0.4, 0.5) is 0 Å². The molecule has 0 spiro atoms. The van der Waals surface area contributed by atoms with Gasteiger partial charge in [-0.1, -0.05) is 16.9 Å². The van der Waals surface area contributed by atoms with Gasteiger partial charge < -0.3 is 18.3 Å². The molecule has 8 nitrogen and oxygen atoms in total. The van der Waals surface area contributed by atoms with Gasteiger partial charge in [0.2, 0.25) is 11.7 Å². The summed E-state index contributed by atoms with van der Waals surface area (Å²) < 4.78 is 16.1. The van der Waals surface area contributed by atoms with Gasteiger partial charge in [-0.25, -0.2) is 0 Å². The van der Waals surface area contributed by atoms with Crippen LogP contribution in [0.15, 0.2) is 55.3 Å². The molecule has 0 bridgehead atoms. The van der Waals surface area contributed by atoms with Crippen molar-refractivity contribution in [2.75, 3.05) is 0 Å². The van der Waals surface area contributed by atoms with E-state index in [9.17, 15) is 0 Å². The number of furan rings is 1. The van der Waals surface area contributed by atoms with Crippen molar-refractivity contribution in [3.63, 3.8) is 0 Å². The highest BCUT2D eigenvalue weighted by molar-refractivity contribution is 7.99. The third-order valence-corrected chi connectivity index (χ3v) is 3.97. The lowest BCUT2D eigenvalue weighted by molar-refractivity contribution is 0.378. The molecule has 4 rings (SSSR count). The fourth-order valence-electron chi connectivity index (χ4n) is 1.94. The lowest BCUT2D eigenvalue weighted by Gasteiger charge is -2.00. The zero-order valence-electron chi connectivity index (χ0n) is 12.0. The first kappa shape index (κ1) is 13.8. The maximum absolute atomic E-state index is 5.60. The van der Waals surface area contributed by atoms with Crippen LogP contribution in [0.25, 0.3) is 23.2 Å². The molecule has 0 aliphatic heterocycles. The molecular formula is C14H11N5O3S. The first-order chi connectivity index (χ1) is 11.3. The van der Waals surface area contributed by atoms with E-state index >= 15 is 0 Å². The molecule has 4 heterocycles. The number of nitrogens with zero attached hydrogens (tertiary/aromatic N) is 4. The molecule has 4 aromatic rings. The van der Waals surface area contributed by atoms with Gasteiger partial charge in [0.25, 0.3) is 11.1 Å². The molecule has 4 aromatic heterocycles. The third kappa shape index (κ3) is 2.78. The molecule has 0 radical (unpaired) electrons. The van der Waals surface area contributed by atoms with Gasteiger partial charge in [-0.3, -0.25) is 0 Å². The van der Waals surface area contributed by atoms with Crippen molar-refractivity contribution in [3.05, 3.63) is 42.6 Å². The Bertz CT molecular complexity index is 881. The van der Waals surface area contributed by atoms with Crippen LogP contribution in [0.1, 0.15) is 18.1 Å². The highest BCUT2D eigenvalue weighted by Crippen LogP contribution is 2.34. The molecule has 1 atom stereocenters. The molecule has 116 valence electrons. The van der Waals surface area contributed by atoms with Crippen LogP contribution >= 0.6 is 11.8 Å². The summed E-state index contributed by atoms with van der Waals surface area (Å²) in [4.78, 5) is 7.33. The molecule has 9 heteroatoms. The molecule has 0 aliphatic carbocycles. The number of H-pyrrole nitrogens is 1. The number of aromatic amines is 1. The van der Waals surface area contributed by atoms with Crippen molar-refractivity contribution < 1.29 is 13.4 Å². The largest absolute Gasteiger partial charge is 0.461 e. The van der Waals surface area contributed by atoms with Gasteiger partial charge in [0.05, 0.1) is 11.5 Å². The summed E-state index contributed by atoms with van der Waals surface area (Å²) >= 11 is 1.34. The third-order valence-electron chi connectivity index (χ3n) is 3.04. The van der Waals surface area contributed by atoms with Crippen LogP contribution in [0, 0.1) is 0 Å². The smallest absolute Gasteiger partial charge is 0.277 e. The molecule has 0 saturated carbocycles. The zero-order chi connectivity index (χ0) is 15.6. The van der Waals surface area contributed by atoms with Gasteiger partial charge in [0.15, 0.2) is 5.76 Å². The normalized spacial score (nSPS) is 12.6. The second kappa shape index (κ2) is 5.76. The van der Waals surface area contributed by atoms with Crippen molar-refractivity contribution >= 4 is 11.8 Å². The van der Waals surface area contributed by atoms with Crippen molar-refractivity contribution in [2.45, 2.75) is 17.4 Å². The molecule has 0 aliphatic rings. The lowest BCUT2D eigenvalue weighted by Crippen LogP contribution is -1.89. The van der Waals surface area contributed by atoms with Crippen LogP contribution in [0.2, 0.25) is 0 Å². The first-order valence-corrected chi connectivity index (χ1v) is 7.69. The number of nitrogens with one attached hydrogen (secondary N) is 1. The minimum Gasteiger partial charge on any atom is -0.461 e. The number of hydrogen-bond acceptors (Lipinski definition) is 8. The van der Waals surface area contributed by atoms with Gasteiger partial charge in [-0.05, 0) is 31.2 Å². The van der Waals surface area contributed by atoms with Gasteiger partial charge in [-0.15, -0.1) is 10.2 Å². The highest BCUT2D eigenvalue weighted by atomic mass is 32.2. The summed E-state index contributed by atoms with van der Waals surface area (Å²) in [6.07, 6.45) is 3.35.